The minimum Gasteiger partial charge on any atom is -0.394 e. The summed E-state index contributed by atoms with van der Waals surface area (Å²) in [7, 11) is 0. The van der Waals surface area contributed by atoms with Gasteiger partial charge in [-0.05, 0) is 25.1 Å². The van der Waals surface area contributed by atoms with Crippen molar-refractivity contribution in [1.29, 1.82) is 0 Å². The third-order valence-electron chi connectivity index (χ3n) is 2.39. The maximum atomic E-state index is 12.8. The lowest BCUT2D eigenvalue weighted by Crippen LogP contribution is -2.42. The highest BCUT2D eigenvalue weighted by Crippen LogP contribution is 2.36. The zero-order valence-corrected chi connectivity index (χ0v) is 11.5. The van der Waals surface area contributed by atoms with E-state index in [4.69, 9.17) is 16.7 Å². The number of carbonyl (C=O) groups is 2. The molecule has 3 N–H and O–H groups in total. The van der Waals surface area contributed by atoms with Gasteiger partial charge in [0.1, 0.15) is 0 Å². The monoisotopic (exact) mass is 324 g/mol. The number of alkyl halides is 3. The normalized spacial score (nSPS) is 12.7. The summed E-state index contributed by atoms with van der Waals surface area (Å²) in [5.74, 6) is -2.43. The van der Waals surface area contributed by atoms with Crippen LogP contribution in [0.4, 0.5) is 18.9 Å². The Kier molecular flexibility index (Phi) is 5.56. The van der Waals surface area contributed by atoms with Crippen molar-refractivity contribution in [3.63, 3.8) is 0 Å². The summed E-state index contributed by atoms with van der Waals surface area (Å²) >= 11 is 5.49. The number of hydrogen-bond acceptors (Lipinski definition) is 3. The molecule has 1 unspecified atom stereocenters. The lowest BCUT2D eigenvalue weighted by atomic mass is 10.1. The van der Waals surface area contributed by atoms with E-state index in [0.717, 1.165) is 12.1 Å². The summed E-state index contributed by atoms with van der Waals surface area (Å²) < 4.78 is 38.4. The molecule has 0 heterocycles. The van der Waals surface area contributed by atoms with Crippen LogP contribution in [0.1, 0.15) is 12.5 Å². The third-order valence-corrected chi connectivity index (χ3v) is 2.63. The number of halogens is 4. The van der Waals surface area contributed by atoms with Crippen LogP contribution >= 0.6 is 11.6 Å². The van der Waals surface area contributed by atoms with Gasteiger partial charge < -0.3 is 15.7 Å². The maximum Gasteiger partial charge on any atom is 0.418 e. The highest BCUT2D eigenvalue weighted by molar-refractivity contribution is 6.39. The molecule has 0 aliphatic carbocycles. The number of aliphatic hydroxyl groups excluding tert-OH is 1. The van der Waals surface area contributed by atoms with Gasteiger partial charge in [0.25, 0.3) is 0 Å². The van der Waals surface area contributed by atoms with E-state index < -0.39 is 41.9 Å². The summed E-state index contributed by atoms with van der Waals surface area (Å²) in [6, 6.07) is 2.05. The van der Waals surface area contributed by atoms with E-state index in [-0.39, 0.29) is 5.02 Å². The van der Waals surface area contributed by atoms with Gasteiger partial charge in [0.2, 0.25) is 0 Å². The van der Waals surface area contributed by atoms with Crippen molar-refractivity contribution >= 4 is 29.1 Å². The number of rotatable bonds is 3. The fourth-order valence-electron chi connectivity index (χ4n) is 1.37. The lowest BCUT2D eigenvalue weighted by Gasteiger charge is -2.15. The van der Waals surface area contributed by atoms with E-state index in [1.54, 1.807) is 0 Å². The predicted octanol–water partition coefficient (Wildman–Crippen LogP) is 1.79. The molecular weight excluding hydrogens is 313 g/mol. The molecule has 116 valence electrons. The van der Waals surface area contributed by atoms with Crippen LogP contribution in [-0.4, -0.2) is 29.6 Å². The zero-order valence-electron chi connectivity index (χ0n) is 10.8. The smallest absolute Gasteiger partial charge is 0.394 e. The molecule has 1 aromatic rings. The van der Waals surface area contributed by atoms with Gasteiger partial charge in [-0.15, -0.1) is 0 Å². The van der Waals surface area contributed by atoms with Crippen molar-refractivity contribution in [2.45, 2.75) is 19.1 Å². The van der Waals surface area contributed by atoms with Gasteiger partial charge in [-0.25, -0.2) is 0 Å². The van der Waals surface area contributed by atoms with Gasteiger partial charge >= 0.3 is 18.0 Å². The van der Waals surface area contributed by atoms with Gasteiger partial charge in [0, 0.05) is 11.1 Å². The van der Waals surface area contributed by atoms with Crippen molar-refractivity contribution in [2.24, 2.45) is 0 Å². The van der Waals surface area contributed by atoms with Gasteiger partial charge in [-0.1, -0.05) is 11.6 Å². The van der Waals surface area contributed by atoms with Crippen molar-refractivity contribution in [2.75, 3.05) is 11.9 Å². The number of nitrogens with one attached hydrogen (secondary N) is 2. The van der Waals surface area contributed by atoms with Crippen LogP contribution in [0.2, 0.25) is 5.02 Å². The van der Waals surface area contributed by atoms with Crippen LogP contribution in [0.5, 0.6) is 0 Å². The first-order valence-electron chi connectivity index (χ1n) is 5.74. The van der Waals surface area contributed by atoms with Crippen LogP contribution in [-0.2, 0) is 15.8 Å². The van der Waals surface area contributed by atoms with Gasteiger partial charge in [-0.3, -0.25) is 9.59 Å². The SMILES string of the molecule is CC(CO)NC(=O)C(=O)Nc1ccc(Cl)cc1C(F)(F)F. The van der Waals surface area contributed by atoms with Crippen LogP contribution in [0.3, 0.4) is 0 Å². The average molecular weight is 325 g/mol. The van der Waals surface area contributed by atoms with E-state index >= 15 is 0 Å². The largest absolute Gasteiger partial charge is 0.418 e. The van der Waals surface area contributed by atoms with E-state index in [9.17, 15) is 22.8 Å². The molecule has 1 atom stereocenters. The van der Waals surface area contributed by atoms with Crippen molar-refractivity contribution < 1.29 is 27.9 Å². The summed E-state index contributed by atoms with van der Waals surface area (Å²) in [5.41, 5.74) is -1.74. The Balaban J connectivity index is 2.93. The molecule has 9 heteroatoms. The average Bonchev–Trinajstić information content (AvgIpc) is 2.39. The number of anilines is 1. The minimum absolute atomic E-state index is 0.154. The molecular formula is C12H12ClF3N2O3. The Hall–Kier alpha value is -1.80. The Morgan fingerprint density at radius 1 is 1.33 bits per heavy atom. The van der Waals surface area contributed by atoms with E-state index in [0.29, 0.717) is 6.07 Å². The van der Waals surface area contributed by atoms with Crippen molar-refractivity contribution in [3.8, 4) is 0 Å². The standard InChI is InChI=1S/C12H12ClF3N2O3/c1-6(5-19)17-10(20)11(21)18-9-3-2-7(13)4-8(9)12(14,15)16/h2-4,6,19H,5H2,1H3,(H,17,20)(H,18,21). The number of benzene rings is 1. The fraction of sp³-hybridized carbons (Fsp3) is 0.333. The maximum absolute atomic E-state index is 12.8. The molecule has 1 aromatic carbocycles. The second kappa shape index (κ2) is 6.77. The molecule has 0 aromatic heterocycles. The Bertz CT molecular complexity index is 549. The predicted molar refractivity (Wildman–Crippen MR) is 69.8 cm³/mol. The highest BCUT2D eigenvalue weighted by atomic mass is 35.5. The van der Waals surface area contributed by atoms with Gasteiger partial charge in [0.05, 0.1) is 17.9 Å². The molecule has 0 aliphatic rings. The second-order valence-electron chi connectivity index (χ2n) is 4.20. The molecule has 21 heavy (non-hydrogen) atoms. The number of hydrogen-bond donors (Lipinski definition) is 3. The Morgan fingerprint density at radius 3 is 2.48 bits per heavy atom. The zero-order chi connectivity index (χ0) is 16.2. The van der Waals surface area contributed by atoms with E-state index in [1.165, 1.54) is 6.92 Å². The van der Waals surface area contributed by atoms with Crippen LogP contribution in [0.15, 0.2) is 18.2 Å². The van der Waals surface area contributed by atoms with Gasteiger partial charge in [-0.2, -0.15) is 13.2 Å². The molecule has 0 radical (unpaired) electrons. The van der Waals surface area contributed by atoms with Crippen molar-refractivity contribution in [3.05, 3.63) is 28.8 Å². The first-order valence-corrected chi connectivity index (χ1v) is 6.12. The molecule has 2 amide bonds. The molecule has 0 fully saturated rings. The first-order chi connectivity index (χ1) is 9.65. The third kappa shape index (κ3) is 4.91. The molecule has 0 aliphatic heterocycles. The molecule has 1 rings (SSSR count). The molecule has 5 nitrogen and oxygen atoms in total. The molecule has 0 saturated carbocycles. The molecule has 0 bridgehead atoms. The molecule has 0 saturated heterocycles. The second-order valence-corrected chi connectivity index (χ2v) is 4.64. The van der Waals surface area contributed by atoms with E-state index in [1.807, 2.05) is 5.32 Å². The number of carbonyl (C=O) groups excluding carboxylic acids is 2. The van der Waals surface area contributed by atoms with Crippen LogP contribution < -0.4 is 10.6 Å². The highest BCUT2D eigenvalue weighted by Gasteiger charge is 2.34. The quantitative estimate of drug-likeness (QED) is 0.742. The summed E-state index contributed by atoms with van der Waals surface area (Å²) in [4.78, 5) is 22.9. The number of amides is 2. The van der Waals surface area contributed by atoms with E-state index in [2.05, 4.69) is 5.32 Å². The summed E-state index contributed by atoms with van der Waals surface area (Å²) in [5, 5.41) is 12.5. The summed E-state index contributed by atoms with van der Waals surface area (Å²) in [6.07, 6.45) is -4.73. The van der Waals surface area contributed by atoms with Crippen LogP contribution in [0.25, 0.3) is 0 Å². The van der Waals surface area contributed by atoms with Gasteiger partial charge in [0.15, 0.2) is 0 Å². The summed E-state index contributed by atoms with van der Waals surface area (Å²) in [6.45, 7) is 1.02. The first kappa shape index (κ1) is 17.3. The number of aliphatic hydroxyl groups is 1. The Labute approximate surface area is 123 Å². The lowest BCUT2D eigenvalue weighted by molar-refractivity contribution is -0.138. The minimum atomic E-state index is -4.73. The van der Waals surface area contributed by atoms with Crippen molar-refractivity contribution in [1.82, 2.24) is 5.32 Å². The Morgan fingerprint density at radius 2 is 1.95 bits per heavy atom. The topological polar surface area (TPSA) is 78.4 Å². The van der Waals surface area contributed by atoms with Crippen LogP contribution in [0, 0.1) is 0 Å². The fourth-order valence-corrected chi connectivity index (χ4v) is 1.55. The molecule has 0 spiro atoms.